The number of anilines is 1. The molecule has 0 saturated heterocycles. The largest absolute Gasteiger partial charge is 0.361 e. The van der Waals surface area contributed by atoms with Gasteiger partial charge in [-0.15, -0.1) is 11.3 Å². The van der Waals surface area contributed by atoms with Gasteiger partial charge in [-0.2, -0.15) is 0 Å². The van der Waals surface area contributed by atoms with Crippen LogP contribution in [0.1, 0.15) is 22.0 Å². The van der Waals surface area contributed by atoms with Gasteiger partial charge in [-0.3, -0.25) is 4.79 Å². The zero-order chi connectivity index (χ0) is 17.9. The highest BCUT2D eigenvalue weighted by Gasteiger charge is 2.09. The van der Waals surface area contributed by atoms with Gasteiger partial charge in [-0.1, -0.05) is 29.4 Å². The summed E-state index contributed by atoms with van der Waals surface area (Å²) in [5.41, 5.74) is 3.60. The van der Waals surface area contributed by atoms with Crippen LogP contribution in [0.15, 0.2) is 59.1 Å². The Balaban J connectivity index is 1.39. The van der Waals surface area contributed by atoms with Crippen molar-refractivity contribution in [3.8, 4) is 0 Å². The number of aryl methyl sites for hydroxylation is 1. The fourth-order valence-corrected chi connectivity index (χ4v) is 3.75. The molecule has 0 aliphatic carbocycles. The SMILES string of the molecule is Cc1cc(CC(=O)Nc2ccc(Cc3nc4ccccc4s3)cc2)no1. The van der Waals surface area contributed by atoms with E-state index < -0.39 is 0 Å². The van der Waals surface area contributed by atoms with E-state index in [1.165, 1.54) is 4.70 Å². The molecule has 0 aliphatic heterocycles. The van der Waals surface area contributed by atoms with Crippen LogP contribution in [0.5, 0.6) is 0 Å². The first-order valence-electron chi connectivity index (χ1n) is 8.31. The number of thiazole rings is 1. The molecule has 4 rings (SSSR count). The molecule has 130 valence electrons. The number of carbonyl (C=O) groups is 1. The molecule has 0 bridgehead atoms. The molecule has 0 atom stereocenters. The molecule has 5 nitrogen and oxygen atoms in total. The average molecular weight is 363 g/mol. The third kappa shape index (κ3) is 3.81. The summed E-state index contributed by atoms with van der Waals surface area (Å²) in [5.74, 6) is 0.587. The van der Waals surface area contributed by atoms with E-state index in [0.29, 0.717) is 11.5 Å². The third-order valence-corrected chi connectivity index (χ3v) is 4.99. The van der Waals surface area contributed by atoms with Crippen LogP contribution in [0.4, 0.5) is 5.69 Å². The lowest BCUT2D eigenvalue weighted by atomic mass is 10.1. The number of carbonyl (C=O) groups excluding carboxylic acids is 1. The lowest BCUT2D eigenvalue weighted by Crippen LogP contribution is -2.14. The third-order valence-electron chi connectivity index (χ3n) is 3.95. The normalized spacial score (nSPS) is 11.0. The first kappa shape index (κ1) is 16.5. The van der Waals surface area contributed by atoms with Gasteiger partial charge in [-0.05, 0) is 36.8 Å². The zero-order valence-corrected chi connectivity index (χ0v) is 15.0. The van der Waals surface area contributed by atoms with Gasteiger partial charge in [0.1, 0.15) is 5.76 Å². The quantitative estimate of drug-likeness (QED) is 0.572. The van der Waals surface area contributed by atoms with E-state index >= 15 is 0 Å². The smallest absolute Gasteiger partial charge is 0.230 e. The Labute approximate surface area is 154 Å². The Morgan fingerprint density at radius 1 is 1.15 bits per heavy atom. The van der Waals surface area contributed by atoms with Crippen molar-refractivity contribution in [2.24, 2.45) is 0 Å². The molecule has 2 aromatic heterocycles. The molecule has 6 heteroatoms. The second kappa shape index (κ2) is 7.09. The van der Waals surface area contributed by atoms with E-state index in [9.17, 15) is 4.79 Å². The van der Waals surface area contributed by atoms with Crippen LogP contribution in [-0.2, 0) is 17.6 Å². The lowest BCUT2D eigenvalue weighted by Gasteiger charge is -2.05. The minimum Gasteiger partial charge on any atom is -0.361 e. The molecular formula is C20H17N3O2S. The van der Waals surface area contributed by atoms with E-state index in [4.69, 9.17) is 4.52 Å². The number of para-hydroxylation sites is 1. The van der Waals surface area contributed by atoms with Gasteiger partial charge in [0.2, 0.25) is 5.91 Å². The first-order chi connectivity index (χ1) is 12.7. The maximum Gasteiger partial charge on any atom is 0.230 e. The first-order valence-corrected chi connectivity index (χ1v) is 9.13. The molecule has 0 saturated carbocycles. The lowest BCUT2D eigenvalue weighted by molar-refractivity contribution is -0.115. The number of amides is 1. The number of nitrogens with one attached hydrogen (secondary N) is 1. The van der Waals surface area contributed by atoms with Gasteiger partial charge in [-0.25, -0.2) is 4.98 Å². The Morgan fingerprint density at radius 3 is 2.69 bits per heavy atom. The van der Waals surface area contributed by atoms with Crippen LogP contribution in [-0.4, -0.2) is 16.0 Å². The molecular weight excluding hydrogens is 346 g/mol. The van der Waals surface area contributed by atoms with Gasteiger partial charge in [0, 0.05) is 18.2 Å². The van der Waals surface area contributed by atoms with Crippen molar-refractivity contribution < 1.29 is 9.32 Å². The fourth-order valence-electron chi connectivity index (χ4n) is 2.75. The van der Waals surface area contributed by atoms with Gasteiger partial charge in [0.25, 0.3) is 0 Å². The van der Waals surface area contributed by atoms with Crippen molar-refractivity contribution in [3.63, 3.8) is 0 Å². The molecule has 0 spiro atoms. The standard InChI is InChI=1S/C20H17N3O2S/c1-13-10-16(23-25-13)12-19(24)21-15-8-6-14(7-9-15)11-20-22-17-4-2-3-5-18(17)26-20/h2-10H,11-12H2,1H3,(H,21,24). The molecule has 1 amide bonds. The van der Waals surface area contributed by atoms with Crippen LogP contribution in [0, 0.1) is 6.92 Å². The molecule has 2 aromatic carbocycles. The van der Waals surface area contributed by atoms with Crippen LogP contribution >= 0.6 is 11.3 Å². The minimum absolute atomic E-state index is 0.114. The molecule has 26 heavy (non-hydrogen) atoms. The summed E-state index contributed by atoms with van der Waals surface area (Å²) in [5, 5.41) is 7.80. The Bertz CT molecular complexity index is 1020. The second-order valence-corrected chi connectivity index (χ2v) is 7.22. The Kier molecular flexibility index (Phi) is 4.50. The number of nitrogens with zero attached hydrogens (tertiary/aromatic N) is 2. The van der Waals surface area contributed by atoms with E-state index in [1.54, 1.807) is 24.3 Å². The molecule has 0 unspecified atom stereocenters. The summed E-state index contributed by atoms with van der Waals surface area (Å²) >= 11 is 1.71. The second-order valence-electron chi connectivity index (χ2n) is 6.10. The van der Waals surface area contributed by atoms with Crippen LogP contribution in [0.2, 0.25) is 0 Å². The maximum atomic E-state index is 12.1. The van der Waals surface area contributed by atoms with E-state index in [-0.39, 0.29) is 12.3 Å². The van der Waals surface area contributed by atoms with Gasteiger partial charge < -0.3 is 9.84 Å². The highest BCUT2D eigenvalue weighted by Crippen LogP contribution is 2.24. The van der Waals surface area contributed by atoms with E-state index in [2.05, 4.69) is 21.5 Å². The molecule has 0 radical (unpaired) electrons. The Hall–Kier alpha value is -2.99. The fraction of sp³-hybridized carbons (Fsp3) is 0.150. The predicted molar refractivity (Wildman–Crippen MR) is 102 cm³/mol. The summed E-state index contributed by atoms with van der Waals surface area (Å²) in [6.45, 7) is 1.80. The van der Waals surface area contributed by atoms with Crippen molar-refractivity contribution in [1.29, 1.82) is 0 Å². The molecule has 0 aliphatic rings. The summed E-state index contributed by atoms with van der Waals surface area (Å²) in [7, 11) is 0. The van der Waals surface area contributed by atoms with Gasteiger partial charge >= 0.3 is 0 Å². The van der Waals surface area contributed by atoms with Crippen molar-refractivity contribution in [2.75, 3.05) is 5.32 Å². The van der Waals surface area contributed by atoms with Gasteiger partial charge in [0.05, 0.1) is 27.3 Å². The maximum absolute atomic E-state index is 12.1. The van der Waals surface area contributed by atoms with Crippen LogP contribution in [0.25, 0.3) is 10.2 Å². The minimum atomic E-state index is -0.114. The molecule has 1 N–H and O–H groups in total. The van der Waals surface area contributed by atoms with Crippen LogP contribution < -0.4 is 5.32 Å². The molecule has 2 heterocycles. The van der Waals surface area contributed by atoms with Crippen molar-refractivity contribution in [1.82, 2.24) is 10.1 Å². The van der Waals surface area contributed by atoms with Gasteiger partial charge in [0.15, 0.2) is 0 Å². The average Bonchev–Trinajstić information content (AvgIpc) is 3.21. The summed E-state index contributed by atoms with van der Waals surface area (Å²) in [4.78, 5) is 16.7. The zero-order valence-electron chi connectivity index (χ0n) is 14.2. The number of benzene rings is 2. The predicted octanol–water partition coefficient (Wildman–Crippen LogP) is 4.36. The topological polar surface area (TPSA) is 68.0 Å². The highest BCUT2D eigenvalue weighted by atomic mass is 32.1. The van der Waals surface area contributed by atoms with Crippen LogP contribution in [0.3, 0.4) is 0 Å². The Morgan fingerprint density at radius 2 is 1.96 bits per heavy atom. The van der Waals surface area contributed by atoms with Crippen molar-refractivity contribution >= 4 is 33.1 Å². The monoisotopic (exact) mass is 363 g/mol. The highest BCUT2D eigenvalue weighted by molar-refractivity contribution is 7.18. The molecule has 0 fully saturated rings. The summed E-state index contributed by atoms with van der Waals surface area (Å²) < 4.78 is 6.18. The summed E-state index contributed by atoms with van der Waals surface area (Å²) in [6, 6.07) is 17.8. The number of fused-ring (bicyclic) bond motifs is 1. The molecule has 4 aromatic rings. The number of hydrogen-bond donors (Lipinski definition) is 1. The van der Waals surface area contributed by atoms with E-state index in [1.807, 2.05) is 42.5 Å². The number of aromatic nitrogens is 2. The summed E-state index contributed by atoms with van der Waals surface area (Å²) in [6.07, 6.45) is 0.983. The van der Waals surface area contributed by atoms with Crippen molar-refractivity contribution in [3.05, 3.63) is 76.6 Å². The number of rotatable bonds is 5. The number of hydrogen-bond acceptors (Lipinski definition) is 5. The van der Waals surface area contributed by atoms with Crippen molar-refractivity contribution in [2.45, 2.75) is 19.8 Å². The van der Waals surface area contributed by atoms with E-state index in [0.717, 1.165) is 28.2 Å².